The third-order valence-corrected chi connectivity index (χ3v) is 5.07. The molecule has 0 bridgehead atoms. The Morgan fingerprint density at radius 1 is 1.31 bits per heavy atom. The summed E-state index contributed by atoms with van der Waals surface area (Å²) in [7, 11) is 0. The molecule has 26 heavy (non-hydrogen) atoms. The predicted molar refractivity (Wildman–Crippen MR) is 98.4 cm³/mol. The lowest BCUT2D eigenvalue weighted by molar-refractivity contribution is -0.125. The number of ether oxygens (including phenoxy) is 1. The van der Waals surface area contributed by atoms with Gasteiger partial charge in [-0.25, -0.2) is 0 Å². The molecule has 2 aromatic rings. The van der Waals surface area contributed by atoms with Gasteiger partial charge in [0.15, 0.2) is 0 Å². The van der Waals surface area contributed by atoms with E-state index in [-0.39, 0.29) is 11.8 Å². The third-order valence-electron chi connectivity index (χ3n) is 5.07. The van der Waals surface area contributed by atoms with Gasteiger partial charge in [0.25, 0.3) is 0 Å². The first-order valence-corrected chi connectivity index (χ1v) is 8.56. The summed E-state index contributed by atoms with van der Waals surface area (Å²) in [4.78, 5) is 31.0. The Morgan fingerprint density at radius 3 is 2.81 bits per heavy atom. The average Bonchev–Trinajstić information content (AvgIpc) is 2.91. The van der Waals surface area contributed by atoms with Crippen molar-refractivity contribution in [2.24, 2.45) is 0 Å². The van der Waals surface area contributed by atoms with E-state index >= 15 is 0 Å². The van der Waals surface area contributed by atoms with Crippen LogP contribution in [0.5, 0.6) is 0 Å². The fraction of sp³-hybridized carbons (Fsp3) is 0.250. The van der Waals surface area contributed by atoms with Gasteiger partial charge in [-0.1, -0.05) is 6.58 Å². The second kappa shape index (κ2) is 6.38. The molecule has 1 aromatic heterocycles. The third kappa shape index (κ3) is 2.50. The van der Waals surface area contributed by atoms with Crippen LogP contribution >= 0.6 is 0 Å². The Kier molecular flexibility index (Phi) is 4.05. The Morgan fingerprint density at radius 2 is 2.12 bits per heavy atom. The molecule has 3 heterocycles. The number of hydrogen-bond acceptors (Lipinski definition) is 4. The summed E-state index contributed by atoms with van der Waals surface area (Å²) in [6.07, 6.45) is 5.84. The molecule has 0 atom stereocenters. The SMILES string of the molecule is C=CC(=O)Nc1ccc2c(c1)C1(CCOCC1)C(=O)N2c1cccnc1. The number of amides is 2. The molecule has 2 amide bonds. The molecule has 2 aliphatic heterocycles. The number of anilines is 3. The smallest absolute Gasteiger partial charge is 0.247 e. The van der Waals surface area contributed by atoms with Gasteiger partial charge in [-0.15, -0.1) is 0 Å². The summed E-state index contributed by atoms with van der Waals surface area (Å²) in [6, 6.07) is 9.27. The highest BCUT2D eigenvalue weighted by Crippen LogP contribution is 2.50. The highest BCUT2D eigenvalue weighted by Gasteiger charge is 2.52. The van der Waals surface area contributed by atoms with Crippen molar-refractivity contribution in [2.45, 2.75) is 18.3 Å². The van der Waals surface area contributed by atoms with Gasteiger partial charge < -0.3 is 10.1 Å². The molecule has 2 aliphatic rings. The largest absolute Gasteiger partial charge is 0.381 e. The molecule has 1 fully saturated rings. The first kappa shape index (κ1) is 16.5. The van der Waals surface area contributed by atoms with Crippen LogP contribution in [0.25, 0.3) is 0 Å². The maximum Gasteiger partial charge on any atom is 0.247 e. The summed E-state index contributed by atoms with van der Waals surface area (Å²) in [5.41, 5.74) is 2.53. The number of fused-ring (bicyclic) bond motifs is 2. The van der Waals surface area contributed by atoms with Gasteiger partial charge in [-0.05, 0) is 54.8 Å². The first-order chi connectivity index (χ1) is 12.7. The zero-order valence-electron chi connectivity index (χ0n) is 14.3. The van der Waals surface area contributed by atoms with E-state index in [4.69, 9.17) is 4.74 Å². The highest BCUT2D eigenvalue weighted by atomic mass is 16.5. The maximum absolute atomic E-state index is 13.5. The maximum atomic E-state index is 13.5. The summed E-state index contributed by atoms with van der Waals surface area (Å²) in [5.74, 6) is -0.240. The summed E-state index contributed by atoms with van der Waals surface area (Å²) in [5, 5.41) is 2.78. The zero-order chi connectivity index (χ0) is 18.1. The lowest BCUT2D eigenvalue weighted by Crippen LogP contribution is -2.42. The molecule has 1 aromatic carbocycles. The van der Waals surface area contributed by atoms with Gasteiger partial charge in [-0.3, -0.25) is 19.5 Å². The van der Waals surface area contributed by atoms with Crippen molar-refractivity contribution in [1.29, 1.82) is 0 Å². The first-order valence-electron chi connectivity index (χ1n) is 8.56. The van der Waals surface area contributed by atoms with Crippen molar-refractivity contribution in [1.82, 2.24) is 4.98 Å². The van der Waals surface area contributed by atoms with Crippen LogP contribution in [-0.4, -0.2) is 30.0 Å². The van der Waals surface area contributed by atoms with E-state index in [1.807, 2.05) is 24.3 Å². The molecule has 4 rings (SSSR count). The monoisotopic (exact) mass is 349 g/mol. The molecule has 132 valence electrons. The standard InChI is InChI=1S/C20H19N3O3/c1-2-18(24)22-14-5-6-17-16(12-14)20(7-10-26-11-8-20)19(25)23(17)15-4-3-9-21-13-15/h2-6,9,12-13H,1,7-8,10-11H2,(H,22,24). The number of nitrogens with zero attached hydrogens (tertiary/aromatic N) is 2. The Balaban J connectivity index is 1.84. The van der Waals surface area contributed by atoms with Crippen LogP contribution < -0.4 is 10.2 Å². The lowest BCUT2D eigenvalue weighted by atomic mass is 9.75. The van der Waals surface area contributed by atoms with Crippen molar-refractivity contribution < 1.29 is 14.3 Å². The molecule has 1 N–H and O–H groups in total. The molecule has 1 spiro atoms. The second-order valence-corrected chi connectivity index (χ2v) is 6.47. The molecule has 0 unspecified atom stereocenters. The summed E-state index contributed by atoms with van der Waals surface area (Å²) < 4.78 is 5.51. The van der Waals surface area contributed by atoms with Crippen LogP contribution in [0.2, 0.25) is 0 Å². The van der Waals surface area contributed by atoms with Gasteiger partial charge in [0.05, 0.1) is 23.0 Å². The normalized spacial score (nSPS) is 17.8. The molecular weight excluding hydrogens is 330 g/mol. The minimum Gasteiger partial charge on any atom is -0.381 e. The van der Waals surface area contributed by atoms with E-state index in [9.17, 15) is 9.59 Å². The van der Waals surface area contributed by atoms with E-state index in [0.29, 0.717) is 31.7 Å². The summed E-state index contributed by atoms with van der Waals surface area (Å²) >= 11 is 0. The van der Waals surface area contributed by atoms with Crippen molar-refractivity contribution >= 4 is 28.9 Å². The Bertz CT molecular complexity index is 873. The van der Waals surface area contributed by atoms with Crippen LogP contribution in [0.3, 0.4) is 0 Å². The fourth-order valence-electron chi connectivity index (χ4n) is 3.77. The van der Waals surface area contributed by atoms with Gasteiger partial charge in [0.1, 0.15) is 0 Å². The zero-order valence-corrected chi connectivity index (χ0v) is 14.3. The van der Waals surface area contributed by atoms with Gasteiger partial charge in [0.2, 0.25) is 11.8 Å². The highest BCUT2D eigenvalue weighted by molar-refractivity contribution is 6.13. The van der Waals surface area contributed by atoms with E-state index in [1.165, 1.54) is 6.08 Å². The molecule has 6 heteroatoms. The number of aromatic nitrogens is 1. The number of benzene rings is 1. The lowest BCUT2D eigenvalue weighted by Gasteiger charge is -2.32. The summed E-state index contributed by atoms with van der Waals surface area (Å²) in [6.45, 7) is 4.55. The van der Waals surface area contributed by atoms with Crippen molar-refractivity contribution in [2.75, 3.05) is 23.4 Å². The number of pyridine rings is 1. The Labute approximate surface area is 151 Å². The van der Waals surface area contributed by atoms with E-state index < -0.39 is 5.41 Å². The van der Waals surface area contributed by atoms with Crippen LogP contribution in [0, 0.1) is 0 Å². The topological polar surface area (TPSA) is 71.5 Å². The van der Waals surface area contributed by atoms with Crippen molar-refractivity contribution in [3.8, 4) is 0 Å². The van der Waals surface area contributed by atoms with Crippen LogP contribution in [0.15, 0.2) is 55.4 Å². The van der Waals surface area contributed by atoms with Crippen molar-refractivity contribution in [3.63, 3.8) is 0 Å². The van der Waals surface area contributed by atoms with Gasteiger partial charge >= 0.3 is 0 Å². The molecular formula is C20H19N3O3. The fourth-order valence-corrected chi connectivity index (χ4v) is 3.77. The number of carbonyl (C=O) groups is 2. The minimum absolute atomic E-state index is 0.0380. The van der Waals surface area contributed by atoms with E-state index in [1.54, 1.807) is 23.4 Å². The second-order valence-electron chi connectivity index (χ2n) is 6.47. The molecule has 0 aliphatic carbocycles. The molecule has 0 saturated carbocycles. The van der Waals surface area contributed by atoms with Crippen LogP contribution in [0.4, 0.5) is 17.1 Å². The van der Waals surface area contributed by atoms with Gasteiger partial charge in [-0.2, -0.15) is 0 Å². The predicted octanol–water partition coefficient (Wildman–Crippen LogP) is 2.93. The van der Waals surface area contributed by atoms with Gasteiger partial charge in [0, 0.05) is 25.1 Å². The number of hydrogen-bond donors (Lipinski definition) is 1. The number of rotatable bonds is 3. The van der Waals surface area contributed by atoms with Crippen LogP contribution in [0.1, 0.15) is 18.4 Å². The molecule has 6 nitrogen and oxygen atoms in total. The van der Waals surface area contributed by atoms with E-state index in [0.717, 1.165) is 16.9 Å². The molecule has 0 radical (unpaired) electrons. The number of carbonyl (C=O) groups excluding carboxylic acids is 2. The van der Waals surface area contributed by atoms with Crippen LogP contribution in [-0.2, 0) is 19.7 Å². The number of nitrogens with one attached hydrogen (secondary N) is 1. The average molecular weight is 349 g/mol. The van der Waals surface area contributed by atoms with E-state index in [2.05, 4.69) is 16.9 Å². The van der Waals surface area contributed by atoms with Crippen molar-refractivity contribution in [3.05, 3.63) is 60.9 Å². The minimum atomic E-state index is -0.627. The molecule has 1 saturated heterocycles. The quantitative estimate of drug-likeness (QED) is 0.865. The Hall–Kier alpha value is -2.99.